The van der Waals surface area contributed by atoms with Gasteiger partial charge in [0.1, 0.15) is 37.9 Å². The fourth-order valence-electron chi connectivity index (χ4n) is 4.77. The summed E-state index contributed by atoms with van der Waals surface area (Å²) in [6.07, 6.45) is 0.809. The molecule has 0 radical (unpaired) electrons. The first kappa shape index (κ1) is 26.1. The molecule has 0 aromatic heterocycles. The number of nitriles is 1. The molecule has 5 rings (SSSR count). The van der Waals surface area contributed by atoms with Gasteiger partial charge in [0.2, 0.25) is 0 Å². The lowest BCUT2D eigenvalue weighted by atomic mass is 9.96. The molecule has 1 aliphatic rings. The van der Waals surface area contributed by atoms with Gasteiger partial charge in [-0.3, -0.25) is 0 Å². The summed E-state index contributed by atoms with van der Waals surface area (Å²) < 4.78 is 24.0. The van der Waals surface area contributed by atoms with Crippen molar-refractivity contribution in [3.05, 3.63) is 106 Å². The third kappa shape index (κ3) is 5.84. The summed E-state index contributed by atoms with van der Waals surface area (Å²) in [5, 5.41) is 9.19. The molecule has 0 fully saturated rings. The van der Waals surface area contributed by atoms with Gasteiger partial charge in [-0.25, -0.2) is 0 Å². The minimum Gasteiger partial charge on any atom is -0.488 e. The van der Waals surface area contributed by atoms with Crippen molar-refractivity contribution in [3.63, 3.8) is 0 Å². The second kappa shape index (κ2) is 11.9. The Hall–Kier alpha value is -4.47. The Kier molecular flexibility index (Phi) is 8.00. The largest absolute Gasteiger partial charge is 0.488 e. The van der Waals surface area contributed by atoms with E-state index < -0.39 is 0 Å². The standard InChI is InChI=1S/C33H32N2O4/c1-3-25-15-28(19-35)32(38-20-24-7-4-6-23(14-24)18-34)17-31(25)39-21-27-8-5-9-29(22(27)2)26-10-11-30-33(16-26)37-13-12-36-30/h4-11,14-17H,3,12-13,19-21,35H2,1-2H3. The zero-order valence-corrected chi connectivity index (χ0v) is 22.3. The fraction of sp³-hybridized carbons (Fsp3) is 0.242. The Labute approximate surface area is 229 Å². The highest BCUT2D eigenvalue weighted by Gasteiger charge is 2.16. The summed E-state index contributed by atoms with van der Waals surface area (Å²) in [5.41, 5.74) is 14.1. The molecular weight excluding hydrogens is 488 g/mol. The third-order valence-corrected chi connectivity index (χ3v) is 6.98. The summed E-state index contributed by atoms with van der Waals surface area (Å²) >= 11 is 0. The summed E-state index contributed by atoms with van der Waals surface area (Å²) in [6, 6.07) is 25.9. The molecule has 1 heterocycles. The van der Waals surface area contributed by atoms with Gasteiger partial charge in [-0.2, -0.15) is 5.26 Å². The van der Waals surface area contributed by atoms with Crippen molar-refractivity contribution in [2.24, 2.45) is 5.73 Å². The van der Waals surface area contributed by atoms with Gasteiger partial charge in [-0.05, 0) is 77.1 Å². The molecule has 4 aromatic carbocycles. The van der Waals surface area contributed by atoms with Crippen LogP contribution in [-0.2, 0) is 26.2 Å². The molecule has 198 valence electrons. The smallest absolute Gasteiger partial charge is 0.161 e. The van der Waals surface area contributed by atoms with Gasteiger partial charge in [0.05, 0.1) is 11.6 Å². The van der Waals surface area contributed by atoms with E-state index in [9.17, 15) is 5.26 Å². The first-order valence-electron chi connectivity index (χ1n) is 13.2. The quantitative estimate of drug-likeness (QED) is 0.272. The Morgan fingerprint density at radius 1 is 0.821 bits per heavy atom. The minimum absolute atomic E-state index is 0.337. The number of aryl methyl sites for hydroxylation is 1. The summed E-state index contributed by atoms with van der Waals surface area (Å²) in [7, 11) is 0. The maximum absolute atomic E-state index is 9.19. The molecule has 0 atom stereocenters. The van der Waals surface area contributed by atoms with Crippen LogP contribution in [0.15, 0.2) is 72.8 Å². The second-order valence-corrected chi connectivity index (χ2v) is 9.46. The maximum Gasteiger partial charge on any atom is 0.161 e. The molecule has 0 amide bonds. The second-order valence-electron chi connectivity index (χ2n) is 9.46. The van der Waals surface area contributed by atoms with Crippen molar-refractivity contribution in [2.45, 2.75) is 40.0 Å². The van der Waals surface area contributed by atoms with Crippen LogP contribution in [0.25, 0.3) is 11.1 Å². The molecule has 0 saturated heterocycles. The van der Waals surface area contributed by atoms with Gasteiger partial charge in [0.25, 0.3) is 0 Å². The van der Waals surface area contributed by atoms with E-state index in [4.69, 9.17) is 24.7 Å². The van der Waals surface area contributed by atoms with E-state index in [1.54, 1.807) is 6.07 Å². The van der Waals surface area contributed by atoms with Crippen LogP contribution in [0.1, 0.15) is 40.3 Å². The lowest BCUT2D eigenvalue weighted by molar-refractivity contribution is 0.171. The molecule has 39 heavy (non-hydrogen) atoms. The van der Waals surface area contributed by atoms with Crippen LogP contribution in [0, 0.1) is 18.3 Å². The number of nitrogens with zero attached hydrogens (tertiary/aromatic N) is 1. The number of fused-ring (bicyclic) bond motifs is 1. The van der Waals surface area contributed by atoms with Crippen LogP contribution in [0.3, 0.4) is 0 Å². The average Bonchev–Trinajstić information content (AvgIpc) is 2.99. The molecule has 0 bridgehead atoms. The molecule has 0 aliphatic carbocycles. The molecule has 0 unspecified atom stereocenters. The summed E-state index contributed by atoms with van der Waals surface area (Å²) in [5.74, 6) is 3.03. The van der Waals surface area contributed by atoms with Crippen molar-refractivity contribution < 1.29 is 18.9 Å². The van der Waals surface area contributed by atoms with Crippen LogP contribution in [-0.4, -0.2) is 13.2 Å². The highest BCUT2D eigenvalue weighted by atomic mass is 16.6. The molecular formula is C33H32N2O4. The monoisotopic (exact) mass is 520 g/mol. The van der Waals surface area contributed by atoms with E-state index in [0.29, 0.717) is 44.3 Å². The van der Waals surface area contributed by atoms with Crippen LogP contribution in [0.4, 0.5) is 0 Å². The van der Waals surface area contributed by atoms with Gasteiger partial charge in [0, 0.05) is 18.2 Å². The van der Waals surface area contributed by atoms with E-state index in [0.717, 1.165) is 62.6 Å². The highest BCUT2D eigenvalue weighted by Crippen LogP contribution is 2.37. The fourth-order valence-corrected chi connectivity index (χ4v) is 4.77. The maximum atomic E-state index is 9.19. The highest BCUT2D eigenvalue weighted by molar-refractivity contribution is 5.71. The van der Waals surface area contributed by atoms with E-state index in [-0.39, 0.29) is 0 Å². The average molecular weight is 521 g/mol. The summed E-state index contributed by atoms with van der Waals surface area (Å²) in [6.45, 7) is 6.47. The van der Waals surface area contributed by atoms with E-state index in [2.05, 4.69) is 50.2 Å². The van der Waals surface area contributed by atoms with Crippen molar-refractivity contribution in [2.75, 3.05) is 13.2 Å². The number of benzene rings is 4. The number of nitrogens with two attached hydrogens (primary N) is 1. The lowest BCUT2D eigenvalue weighted by Crippen LogP contribution is -2.15. The Balaban J connectivity index is 1.36. The number of hydrogen-bond donors (Lipinski definition) is 1. The molecule has 1 aliphatic heterocycles. The lowest BCUT2D eigenvalue weighted by Gasteiger charge is -2.20. The number of hydrogen-bond acceptors (Lipinski definition) is 6. The van der Waals surface area contributed by atoms with Gasteiger partial charge in [-0.1, -0.05) is 43.3 Å². The Morgan fingerprint density at radius 2 is 1.59 bits per heavy atom. The molecule has 0 saturated carbocycles. The van der Waals surface area contributed by atoms with Gasteiger partial charge in [-0.15, -0.1) is 0 Å². The molecule has 6 nitrogen and oxygen atoms in total. The van der Waals surface area contributed by atoms with Crippen LogP contribution >= 0.6 is 0 Å². The zero-order chi connectivity index (χ0) is 27.2. The van der Waals surface area contributed by atoms with E-state index >= 15 is 0 Å². The molecule has 6 heteroatoms. The third-order valence-electron chi connectivity index (χ3n) is 6.98. The van der Waals surface area contributed by atoms with E-state index in [1.807, 2.05) is 36.4 Å². The summed E-state index contributed by atoms with van der Waals surface area (Å²) in [4.78, 5) is 0. The topological polar surface area (TPSA) is 86.7 Å². The van der Waals surface area contributed by atoms with Crippen molar-refractivity contribution >= 4 is 0 Å². The van der Waals surface area contributed by atoms with E-state index in [1.165, 1.54) is 0 Å². The van der Waals surface area contributed by atoms with Crippen LogP contribution in [0.2, 0.25) is 0 Å². The molecule has 0 spiro atoms. The zero-order valence-electron chi connectivity index (χ0n) is 22.3. The van der Waals surface area contributed by atoms with Gasteiger partial charge >= 0.3 is 0 Å². The normalized spacial score (nSPS) is 12.1. The van der Waals surface area contributed by atoms with Crippen molar-refractivity contribution in [1.29, 1.82) is 5.26 Å². The SMILES string of the molecule is CCc1cc(CN)c(OCc2cccc(C#N)c2)cc1OCc1cccc(-c2ccc3c(c2)OCCO3)c1C. The predicted octanol–water partition coefficient (Wildman–Crippen LogP) is 6.48. The number of ether oxygens (including phenoxy) is 4. The van der Waals surface area contributed by atoms with Gasteiger partial charge < -0.3 is 24.7 Å². The number of rotatable bonds is 9. The molecule has 4 aromatic rings. The first-order chi connectivity index (χ1) is 19.1. The predicted molar refractivity (Wildman–Crippen MR) is 151 cm³/mol. The minimum atomic E-state index is 0.337. The van der Waals surface area contributed by atoms with Crippen molar-refractivity contribution in [3.8, 4) is 40.2 Å². The van der Waals surface area contributed by atoms with Crippen LogP contribution in [0.5, 0.6) is 23.0 Å². The Morgan fingerprint density at radius 3 is 2.38 bits per heavy atom. The van der Waals surface area contributed by atoms with Gasteiger partial charge in [0.15, 0.2) is 11.5 Å². The Bertz CT molecular complexity index is 1520. The first-order valence-corrected chi connectivity index (χ1v) is 13.2. The molecule has 2 N–H and O–H groups in total. The van der Waals surface area contributed by atoms with Crippen LogP contribution < -0.4 is 24.7 Å². The van der Waals surface area contributed by atoms with Crippen molar-refractivity contribution in [1.82, 2.24) is 0 Å².